The minimum absolute atomic E-state index is 0.632. The molecule has 2 bridgehead atoms. The largest absolute Gasteiger partial charge is 0.486 e. The Balaban J connectivity index is 2.56. The lowest BCUT2D eigenvalue weighted by atomic mass is 10.6. The van der Waals surface area contributed by atoms with E-state index in [1.54, 1.807) is 0 Å². The van der Waals surface area contributed by atoms with Crippen molar-refractivity contribution in [3.63, 3.8) is 0 Å². The zero-order valence-corrected chi connectivity index (χ0v) is 9.08. The maximum atomic E-state index is 13.0. The van der Waals surface area contributed by atoms with Crippen LogP contribution in [0.4, 0.5) is 24.6 Å². The molecule has 2 heterocycles. The van der Waals surface area contributed by atoms with Crippen LogP contribution in [0.25, 0.3) is 0 Å². The van der Waals surface area contributed by atoms with E-state index in [2.05, 4.69) is 0 Å². The van der Waals surface area contributed by atoms with Crippen molar-refractivity contribution < 1.29 is 24.6 Å². The summed E-state index contributed by atoms with van der Waals surface area (Å²) in [6.07, 6.45) is 1.26. The number of allylic oxidation sites excluding steroid dienone is 2. The third-order valence-corrected chi connectivity index (χ3v) is 18.2. The maximum absolute atomic E-state index is 13.0. The summed E-state index contributed by atoms with van der Waals surface area (Å²) in [7, 11) is -17.3. The first-order chi connectivity index (χ1) is 5.72. The van der Waals surface area contributed by atoms with Gasteiger partial charge in [0.1, 0.15) is 0 Å². The van der Waals surface area contributed by atoms with Crippen LogP contribution < -0.4 is 0 Å². The summed E-state index contributed by atoms with van der Waals surface area (Å²) in [5.74, 6) is 0. The van der Waals surface area contributed by atoms with E-state index in [1.807, 2.05) is 0 Å². The Labute approximate surface area is 73.1 Å². The normalized spacial score (nSPS) is 42.6. The molecule has 0 radical (unpaired) electrons. The predicted molar refractivity (Wildman–Crippen MR) is 40.6 cm³/mol. The molecule has 0 aromatic rings. The molecular formula is C4H4F6Si3. The summed E-state index contributed by atoms with van der Waals surface area (Å²) in [6.45, 7) is 0. The highest BCUT2D eigenvalue weighted by atomic mass is 29.3. The molecule has 0 saturated carbocycles. The molecule has 2 aliphatic heterocycles. The first-order valence-electron chi connectivity index (χ1n) is 3.54. The third-order valence-electron chi connectivity index (χ3n) is 2.55. The van der Waals surface area contributed by atoms with Crippen molar-refractivity contribution in [2.75, 3.05) is 0 Å². The van der Waals surface area contributed by atoms with Crippen LogP contribution in [-0.4, -0.2) is 25.3 Å². The van der Waals surface area contributed by atoms with Crippen LogP contribution in [0.3, 0.4) is 0 Å². The van der Waals surface area contributed by atoms with Crippen molar-refractivity contribution in [1.82, 2.24) is 0 Å². The predicted octanol–water partition coefficient (Wildman–Crippen LogP) is 2.61. The minimum atomic E-state index is -5.95. The van der Waals surface area contributed by atoms with Crippen molar-refractivity contribution in [2.24, 2.45) is 0 Å². The Morgan fingerprint density at radius 3 is 1.15 bits per heavy atom. The zero-order chi connectivity index (χ0) is 10.1. The van der Waals surface area contributed by atoms with Gasteiger partial charge in [0, 0.05) is 0 Å². The molecule has 74 valence electrons. The number of halogens is 6. The van der Waals surface area contributed by atoms with Gasteiger partial charge in [-0.15, -0.1) is 0 Å². The fraction of sp³-hybridized carbons (Fsp3) is 0.500. The molecule has 0 aromatic heterocycles. The summed E-state index contributed by atoms with van der Waals surface area (Å²) in [6, 6.07) is 0. The van der Waals surface area contributed by atoms with E-state index < -0.39 is 35.6 Å². The molecule has 2 aliphatic rings. The lowest BCUT2D eigenvalue weighted by Gasteiger charge is -2.19. The van der Waals surface area contributed by atoms with Crippen molar-refractivity contribution in [2.45, 2.75) is 10.3 Å². The Bertz CT molecular complexity index is 260. The van der Waals surface area contributed by atoms with Gasteiger partial charge in [0.05, 0.1) is 10.3 Å². The highest BCUT2D eigenvalue weighted by Gasteiger charge is 2.91. The standard InChI is InChI=1S/C4H4F6Si3/c5-11(6)3-1-2-4(11)13(9,10)12(3,7)8/h1-4H. The first-order valence-corrected chi connectivity index (χ1v) is 10.1. The Kier molecular flexibility index (Phi) is 1.56. The average molecular weight is 250 g/mol. The van der Waals surface area contributed by atoms with E-state index in [9.17, 15) is 24.6 Å². The molecule has 2 atom stereocenters. The summed E-state index contributed by atoms with van der Waals surface area (Å²) in [4.78, 5) is 0. The van der Waals surface area contributed by atoms with Crippen LogP contribution in [0.1, 0.15) is 0 Å². The second kappa shape index (κ2) is 2.14. The van der Waals surface area contributed by atoms with Gasteiger partial charge in [0.15, 0.2) is 0 Å². The SMILES string of the molecule is F[Si]1(F)C2C=CC1[Si](F)(F)[Si]2(F)F. The van der Waals surface area contributed by atoms with Crippen molar-refractivity contribution in [1.29, 1.82) is 0 Å². The second-order valence-corrected chi connectivity index (χ2v) is 14.7. The van der Waals surface area contributed by atoms with E-state index in [0.717, 1.165) is 0 Å². The molecule has 1 fully saturated rings. The molecular weight excluding hydrogens is 246 g/mol. The second-order valence-electron chi connectivity index (χ2n) is 3.26. The average Bonchev–Trinajstić information content (AvgIpc) is 2.27. The lowest BCUT2D eigenvalue weighted by molar-refractivity contribution is 0.554. The Hall–Kier alpha value is -0.0294. The fourth-order valence-electron chi connectivity index (χ4n) is 1.81. The number of fused-ring (bicyclic) bond motifs is 2. The molecule has 1 saturated heterocycles. The summed E-state index contributed by atoms with van der Waals surface area (Å²) in [5.41, 5.74) is 0. The molecule has 0 nitrogen and oxygen atoms in total. The van der Waals surface area contributed by atoms with Gasteiger partial charge >= 0.3 is 25.3 Å². The number of rotatable bonds is 0. The molecule has 2 rings (SSSR count). The molecule has 0 spiro atoms. The fourth-order valence-corrected chi connectivity index (χ4v) is 19.9. The molecule has 0 N–H and O–H groups in total. The topological polar surface area (TPSA) is 0 Å². The van der Waals surface area contributed by atoms with Crippen molar-refractivity contribution in [3.05, 3.63) is 12.2 Å². The van der Waals surface area contributed by atoms with Gasteiger partial charge in [0.25, 0.3) is 0 Å². The Morgan fingerprint density at radius 2 is 1.00 bits per heavy atom. The van der Waals surface area contributed by atoms with Crippen LogP contribution >= 0.6 is 0 Å². The summed E-state index contributed by atoms with van der Waals surface area (Å²) < 4.78 is 77.4. The molecule has 0 aliphatic carbocycles. The van der Waals surface area contributed by atoms with Gasteiger partial charge in [-0.2, -0.15) is 0 Å². The van der Waals surface area contributed by atoms with E-state index >= 15 is 0 Å². The molecule has 13 heavy (non-hydrogen) atoms. The first kappa shape index (κ1) is 9.52. The van der Waals surface area contributed by atoms with Crippen LogP contribution in [0.5, 0.6) is 0 Å². The summed E-state index contributed by atoms with van der Waals surface area (Å²) in [5, 5.41) is -4.63. The number of hydrogen-bond acceptors (Lipinski definition) is 0. The van der Waals surface area contributed by atoms with Crippen LogP contribution in [-0.2, 0) is 0 Å². The van der Waals surface area contributed by atoms with Crippen LogP contribution in [0, 0.1) is 0 Å². The van der Waals surface area contributed by atoms with E-state index in [0.29, 0.717) is 12.2 Å². The van der Waals surface area contributed by atoms with E-state index in [4.69, 9.17) is 0 Å². The van der Waals surface area contributed by atoms with Crippen LogP contribution in [0.2, 0.25) is 10.3 Å². The smallest absolute Gasteiger partial charge is 0.269 e. The Morgan fingerprint density at radius 1 is 0.692 bits per heavy atom. The van der Waals surface area contributed by atoms with Gasteiger partial charge in [-0.25, -0.2) is 0 Å². The maximum Gasteiger partial charge on any atom is 0.486 e. The molecule has 9 heteroatoms. The van der Waals surface area contributed by atoms with E-state index in [-0.39, 0.29) is 0 Å². The zero-order valence-electron chi connectivity index (χ0n) is 6.08. The number of hydrogen-bond donors (Lipinski definition) is 0. The van der Waals surface area contributed by atoms with Crippen molar-refractivity contribution in [3.8, 4) is 0 Å². The van der Waals surface area contributed by atoms with E-state index in [1.165, 1.54) is 0 Å². The minimum Gasteiger partial charge on any atom is -0.269 e. The molecule has 0 amide bonds. The third kappa shape index (κ3) is 0.825. The highest BCUT2D eigenvalue weighted by Crippen LogP contribution is 2.64. The molecule has 2 unspecified atom stereocenters. The highest BCUT2D eigenvalue weighted by molar-refractivity contribution is 7.42. The van der Waals surface area contributed by atoms with Gasteiger partial charge < -0.3 is 0 Å². The summed E-state index contributed by atoms with van der Waals surface area (Å²) >= 11 is 0. The molecule has 0 aromatic carbocycles. The van der Waals surface area contributed by atoms with Gasteiger partial charge in [-0.3, -0.25) is 24.6 Å². The lowest BCUT2D eigenvalue weighted by Crippen LogP contribution is -2.51. The van der Waals surface area contributed by atoms with Gasteiger partial charge in [0.2, 0.25) is 0 Å². The quantitative estimate of drug-likeness (QED) is 0.268. The van der Waals surface area contributed by atoms with Crippen LogP contribution in [0.15, 0.2) is 12.2 Å². The van der Waals surface area contributed by atoms with Crippen molar-refractivity contribution >= 4 is 25.3 Å². The van der Waals surface area contributed by atoms with Gasteiger partial charge in [-0.1, -0.05) is 12.2 Å². The monoisotopic (exact) mass is 250 g/mol. The van der Waals surface area contributed by atoms with Gasteiger partial charge in [-0.05, 0) is 0 Å².